The molecule has 8 heteroatoms. The van der Waals surface area contributed by atoms with Crippen LogP contribution >= 0.6 is 0 Å². The summed E-state index contributed by atoms with van der Waals surface area (Å²) in [6.07, 6.45) is 6.40. The van der Waals surface area contributed by atoms with Crippen LogP contribution in [0.2, 0.25) is 0 Å². The summed E-state index contributed by atoms with van der Waals surface area (Å²) >= 11 is 0. The van der Waals surface area contributed by atoms with E-state index in [2.05, 4.69) is 26.3 Å². The number of hydrogen-bond acceptors (Lipinski definition) is 6. The number of aromatic nitrogens is 2. The summed E-state index contributed by atoms with van der Waals surface area (Å²) in [6, 6.07) is 13.6. The minimum atomic E-state index is -0.812. The molecule has 3 heterocycles. The fourth-order valence-corrected chi connectivity index (χ4v) is 5.69. The molecule has 0 spiro atoms. The van der Waals surface area contributed by atoms with Crippen molar-refractivity contribution in [3.05, 3.63) is 66.0 Å². The van der Waals surface area contributed by atoms with Crippen molar-refractivity contribution in [2.45, 2.75) is 44.7 Å². The van der Waals surface area contributed by atoms with Crippen molar-refractivity contribution in [3.8, 4) is 5.75 Å². The highest BCUT2D eigenvalue weighted by Gasteiger charge is 2.54. The van der Waals surface area contributed by atoms with Gasteiger partial charge in [-0.15, -0.1) is 0 Å². The molecule has 36 heavy (non-hydrogen) atoms. The number of amides is 3. The topological polar surface area (TPSA) is 87.7 Å². The molecule has 1 N–H and O–H groups in total. The Balaban J connectivity index is 1.22. The lowest BCUT2D eigenvalue weighted by Gasteiger charge is -2.40. The molecule has 0 bridgehead atoms. The van der Waals surface area contributed by atoms with E-state index in [4.69, 9.17) is 4.74 Å². The molecule has 2 saturated heterocycles. The highest BCUT2D eigenvalue weighted by atomic mass is 16.5. The predicted molar refractivity (Wildman–Crippen MR) is 138 cm³/mol. The van der Waals surface area contributed by atoms with E-state index in [1.165, 1.54) is 10.5 Å². The minimum Gasteiger partial charge on any atom is -0.497 e. The van der Waals surface area contributed by atoms with Gasteiger partial charge in [-0.2, -0.15) is 0 Å². The van der Waals surface area contributed by atoms with E-state index >= 15 is 0 Å². The van der Waals surface area contributed by atoms with Crippen LogP contribution in [0.4, 0.5) is 4.79 Å². The van der Waals surface area contributed by atoms with Gasteiger partial charge in [-0.25, -0.2) is 4.79 Å². The number of urea groups is 1. The molecule has 2 aliphatic rings. The molecule has 0 radical (unpaired) electrons. The van der Waals surface area contributed by atoms with E-state index in [0.29, 0.717) is 19.4 Å². The van der Waals surface area contributed by atoms with Crippen LogP contribution in [0.1, 0.15) is 37.3 Å². The molecule has 2 fully saturated rings. The Kier molecular flexibility index (Phi) is 6.87. The zero-order valence-corrected chi connectivity index (χ0v) is 20.9. The molecule has 2 aromatic carbocycles. The van der Waals surface area contributed by atoms with Crippen LogP contribution in [-0.2, 0) is 17.8 Å². The molecular weight excluding hydrogens is 454 g/mol. The number of carbonyl (C=O) groups excluding carboxylic acids is 2. The van der Waals surface area contributed by atoms with Crippen molar-refractivity contribution >= 4 is 23.0 Å². The van der Waals surface area contributed by atoms with Crippen LogP contribution < -0.4 is 10.1 Å². The number of nitrogens with zero attached hydrogens (tertiary/aromatic N) is 4. The van der Waals surface area contributed by atoms with Gasteiger partial charge in [0.15, 0.2) is 0 Å². The van der Waals surface area contributed by atoms with Crippen molar-refractivity contribution in [1.29, 1.82) is 0 Å². The Bertz CT molecular complexity index is 1230. The molecule has 0 aliphatic carbocycles. The first-order chi connectivity index (χ1) is 17.5. The van der Waals surface area contributed by atoms with E-state index in [-0.39, 0.29) is 17.9 Å². The zero-order chi connectivity index (χ0) is 25.1. The fourth-order valence-electron chi connectivity index (χ4n) is 5.69. The first-order valence-corrected chi connectivity index (χ1v) is 12.7. The predicted octanol–water partition coefficient (Wildman–Crippen LogP) is 3.79. The van der Waals surface area contributed by atoms with Crippen molar-refractivity contribution < 1.29 is 14.3 Å². The number of carbonyl (C=O) groups is 2. The van der Waals surface area contributed by atoms with Crippen molar-refractivity contribution in [1.82, 2.24) is 25.1 Å². The second-order valence-corrected chi connectivity index (χ2v) is 9.70. The maximum absolute atomic E-state index is 13.6. The number of likely N-dealkylation sites (tertiary alicyclic amines) is 1. The van der Waals surface area contributed by atoms with Crippen molar-refractivity contribution in [2.24, 2.45) is 5.92 Å². The monoisotopic (exact) mass is 487 g/mol. The first kappa shape index (κ1) is 24.2. The van der Waals surface area contributed by atoms with Gasteiger partial charge in [0, 0.05) is 25.5 Å². The van der Waals surface area contributed by atoms with E-state index in [1.807, 2.05) is 43.3 Å². The Hall–Kier alpha value is -3.52. The van der Waals surface area contributed by atoms with Crippen LogP contribution in [0, 0.1) is 5.92 Å². The molecule has 3 aromatic rings. The van der Waals surface area contributed by atoms with Gasteiger partial charge in [-0.05, 0) is 74.0 Å². The number of para-hydroxylation sites is 1. The van der Waals surface area contributed by atoms with Gasteiger partial charge in [0.05, 0.1) is 18.1 Å². The molecule has 0 saturated carbocycles. The number of piperidine rings is 1. The van der Waals surface area contributed by atoms with Gasteiger partial charge >= 0.3 is 6.03 Å². The third kappa shape index (κ3) is 4.53. The zero-order valence-electron chi connectivity index (χ0n) is 20.9. The molecule has 1 atom stereocenters. The van der Waals surface area contributed by atoms with Gasteiger partial charge in [-0.1, -0.05) is 31.2 Å². The highest BCUT2D eigenvalue weighted by molar-refractivity contribution is 6.07. The average Bonchev–Trinajstić information content (AvgIpc) is 3.17. The van der Waals surface area contributed by atoms with Gasteiger partial charge < -0.3 is 10.1 Å². The van der Waals surface area contributed by atoms with Crippen LogP contribution in [-0.4, -0.2) is 64.0 Å². The van der Waals surface area contributed by atoms with Crippen LogP contribution in [0.25, 0.3) is 11.0 Å². The maximum Gasteiger partial charge on any atom is 0.325 e. The summed E-state index contributed by atoms with van der Waals surface area (Å²) in [6.45, 7) is 4.93. The quantitative estimate of drug-likeness (QED) is 0.487. The van der Waals surface area contributed by atoms with Crippen LogP contribution in [0.15, 0.2) is 54.9 Å². The molecule has 1 unspecified atom stereocenters. The van der Waals surface area contributed by atoms with Crippen LogP contribution in [0.5, 0.6) is 5.75 Å². The summed E-state index contributed by atoms with van der Waals surface area (Å²) in [7, 11) is 1.63. The van der Waals surface area contributed by atoms with Gasteiger partial charge in [0.2, 0.25) is 0 Å². The Morgan fingerprint density at radius 2 is 1.81 bits per heavy atom. The number of nitrogens with one attached hydrogen (secondary N) is 1. The number of benzene rings is 2. The highest BCUT2D eigenvalue weighted by Crippen LogP contribution is 2.36. The lowest BCUT2D eigenvalue weighted by Crippen LogP contribution is -2.55. The Morgan fingerprint density at radius 1 is 1.06 bits per heavy atom. The SMILES string of the molecule is CCC1(C2CCN(Cc3cccc4nccnc34)CC2)NC(=O)N(CCc2ccc(OC)cc2)C1=O. The molecular formula is C28H33N5O3. The normalized spacial score (nSPS) is 21.2. The van der Waals surface area contributed by atoms with Gasteiger partial charge in [-0.3, -0.25) is 24.6 Å². The van der Waals surface area contributed by atoms with E-state index in [1.54, 1.807) is 19.5 Å². The summed E-state index contributed by atoms with van der Waals surface area (Å²) in [5.41, 5.74) is 3.27. The lowest BCUT2D eigenvalue weighted by molar-refractivity contribution is -0.134. The van der Waals surface area contributed by atoms with Crippen LogP contribution in [0.3, 0.4) is 0 Å². The van der Waals surface area contributed by atoms with E-state index in [9.17, 15) is 9.59 Å². The third-order valence-electron chi connectivity index (χ3n) is 7.80. The molecule has 5 rings (SSSR count). The molecule has 188 valence electrons. The summed E-state index contributed by atoms with van der Waals surface area (Å²) in [4.78, 5) is 39.3. The lowest BCUT2D eigenvalue weighted by atomic mass is 9.75. The fraction of sp³-hybridized carbons (Fsp3) is 0.429. The molecule has 8 nitrogen and oxygen atoms in total. The summed E-state index contributed by atoms with van der Waals surface area (Å²) in [5.74, 6) is 0.832. The summed E-state index contributed by atoms with van der Waals surface area (Å²) < 4.78 is 5.21. The molecule has 3 amide bonds. The van der Waals surface area contributed by atoms with Crippen molar-refractivity contribution in [3.63, 3.8) is 0 Å². The number of hydrogen-bond donors (Lipinski definition) is 1. The van der Waals surface area contributed by atoms with E-state index < -0.39 is 5.54 Å². The number of imide groups is 1. The standard InChI is InChI=1S/C28H33N5O3/c1-3-28(26(34)33(27(35)31-28)18-11-20-7-9-23(36-2)10-8-20)22-12-16-32(17-13-22)19-21-5-4-6-24-25(21)30-15-14-29-24/h4-10,14-15,22H,3,11-13,16-19H2,1-2H3,(H,31,35). The Morgan fingerprint density at radius 3 is 2.53 bits per heavy atom. The largest absolute Gasteiger partial charge is 0.497 e. The Labute approximate surface area is 211 Å². The number of ether oxygens (including phenoxy) is 1. The number of rotatable bonds is 8. The second-order valence-electron chi connectivity index (χ2n) is 9.70. The smallest absolute Gasteiger partial charge is 0.325 e. The molecule has 2 aliphatic heterocycles. The first-order valence-electron chi connectivity index (χ1n) is 12.7. The minimum absolute atomic E-state index is 0.0775. The number of methoxy groups -OCH3 is 1. The summed E-state index contributed by atoms with van der Waals surface area (Å²) in [5, 5.41) is 3.11. The van der Waals surface area contributed by atoms with Crippen molar-refractivity contribution in [2.75, 3.05) is 26.7 Å². The molecule has 1 aromatic heterocycles. The number of fused-ring (bicyclic) bond motifs is 1. The van der Waals surface area contributed by atoms with Gasteiger partial charge in [0.25, 0.3) is 5.91 Å². The third-order valence-corrected chi connectivity index (χ3v) is 7.80. The second kappa shape index (κ2) is 10.2. The average molecular weight is 488 g/mol. The van der Waals surface area contributed by atoms with E-state index in [0.717, 1.165) is 54.8 Å². The maximum atomic E-state index is 13.6. The van der Waals surface area contributed by atoms with Gasteiger partial charge in [0.1, 0.15) is 11.3 Å².